The van der Waals surface area contributed by atoms with Crippen molar-refractivity contribution in [3.8, 4) is 67.9 Å². The molecule has 0 spiro atoms. The van der Waals surface area contributed by atoms with Gasteiger partial charge in [-0.05, 0) is 214 Å². The molecule has 0 fully saturated rings. The minimum atomic E-state index is 0.616. The zero-order valence-electron chi connectivity index (χ0n) is 64.0. The number of hydrogen-bond donors (Lipinski definition) is 0. The highest BCUT2D eigenvalue weighted by atomic mass is 16.5. The minimum absolute atomic E-state index is 0.616. The molecule has 0 aliphatic heterocycles. The van der Waals surface area contributed by atoms with Crippen LogP contribution in [-0.2, 0) is 0 Å². The Morgan fingerprint density at radius 1 is 0.191 bits per heavy atom. The third-order valence-corrected chi connectivity index (χ3v) is 21.0. The lowest BCUT2D eigenvalue weighted by Crippen LogP contribution is -2.03. The third-order valence-electron chi connectivity index (χ3n) is 21.0. The molecule has 110 heavy (non-hydrogen) atoms. The molecule has 0 bridgehead atoms. The molecule has 0 N–H and O–H groups in total. The lowest BCUT2D eigenvalue weighted by atomic mass is 9.91. The van der Waals surface area contributed by atoms with Crippen molar-refractivity contribution in [2.45, 2.75) is 142 Å². The minimum Gasteiger partial charge on any atom is -0.494 e. The van der Waals surface area contributed by atoms with Gasteiger partial charge in [-0.15, -0.1) is 10.2 Å². The van der Waals surface area contributed by atoms with E-state index in [2.05, 4.69) is 232 Å². The van der Waals surface area contributed by atoms with Gasteiger partial charge in [-0.3, -0.25) is 0 Å². The summed E-state index contributed by atoms with van der Waals surface area (Å²) in [7, 11) is 0. The van der Waals surface area contributed by atoms with E-state index in [1.165, 1.54) is 96.5 Å². The number of nitrogens with zero attached hydrogens (tertiary/aromatic N) is 4. The van der Waals surface area contributed by atoms with Crippen molar-refractivity contribution in [1.82, 2.24) is 0 Å². The van der Waals surface area contributed by atoms with Crippen molar-refractivity contribution in [2.24, 2.45) is 20.5 Å². The lowest BCUT2D eigenvalue weighted by molar-refractivity contribution is 0.288. The van der Waals surface area contributed by atoms with Gasteiger partial charge in [0.1, 0.15) is 34.5 Å². The quantitative estimate of drug-likeness (QED) is 0.0279. The fraction of sp³-hybridized carbons (Fsp3) is 0.280. The van der Waals surface area contributed by atoms with E-state index in [-0.39, 0.29) is 0 Å². The van der Waals surface area contributed by atoms with Crippen LogP contribution in [0.25, 0.3) is 98.0 Å². The van der Waals surface area contributed by atoms with Crippen LogP contribution in [0.5, 0.6) is 34.5 Å². The number of ether oxygens (including phenoxy) is 6. The SMILES string of the molecule is CCCCCCCCOc1ccc2ccccc2c1-c1c(OCCCCCCOc2ccc(N=Nc3ccc4ccccc4c3-c3c(N=Nc4ccc(OCCCCCCOc5ccc6ccccc6c5-c5c(OCCCCCCCC)ccc6ccccc56)cc4)ccc4ccccc34)cc2)ccc2ccccc12. The standard InChI is InChI=1S/C100H102N4O6/c1-3-5-7-9-11-31-69-107-91-63-49-75-37-19-25-43-85(75)97(91)99-87-45-27-21-39-77(87)51-65-93(99)109-71-33-15-13-29-67-105-81-57-53-79(54-58-81)101-103-89-61-47-73-35-17-23-41-83(73)95(89)96-84-42-24-18-36-74(84)48-62-90(96)104-102-80-55-59-82(60-56-80)106-68-30-14-16-34-72-110-94-66-52-78-40-22-28-46-88(78)100(94)98-86-44-26-20-38-76(86)50-64-92(98)108-70-32-12-10-8-6-4-2/h17-28,35-66H,3-16,29-34,67-72H2,1-2H3. The predicted molar refractivity (Wildman–Crippen MR) is 459 cm³/mol. The monoisotopic (exact) mass is 1450 g/mol. The Morgan fingerprint density at radius 2 is 0.418 bits per heavy atom. The van der Waals surface area contributed by atoms with Gasteiger partial charge >= 0.3 is 0 Å². The molecule has 0 aliphatic rings. The molecule has 14 aromatic rings. The summed E-state index contributed by atoms with van der Waals surface area (Å²) < 4.78 is 39.4. The van der Waals surface area contributed by atoms with Gasteiger partial charge in [0.2, 0.25) is 0 Å². The van der Waals surface area contributed by atoms with E-state index >= 15 is 0 Å². The number of hydrogen-bond acceptors (Lipinski definition) is 10. The second kappa shape index (κ2) is 39.1. The summed E-state index contributed by atoms with van der Waals surface area (Å²) in [4.78, 5) is 0. The first-order valence-corrected chi connectivity index (χ1v) is 40.5. The third kappa shape index (κ3) is 19.2. The van der Waals surface area contributed by atoms with Gasteiger partial charge in [0.15, 0.2) is 0 Å². The number of fused-ring (bicyclic) bond motifs is 6. The van der Waals surface area contributed by atoms with Crippen LogP contribution in [0.4, 0.5) is 22.7 Å². The predicted octanol–water partition coefficient (Wildman–Crippen LogP) is 30.0. The Labute approximate surface area is 649 Å². The van der Waals surface area contributed by atoms with Crippen molar-refractivity contribution < 1.29 is 28.4 Å². The molecule has 0 unspecified atom stereocenters. The first-order chi connectivity index (χ1) is 54.6. The summed E-state index contributed by atoms with van der Waals surface area (Å²) in [6.07, 6.45) is 22.5. The van der Waals surface area contributed by atoms with Gasteiger partial charge in [-0.1, -0.05) is 260 Å². The summed E-state index contributed by atoms with van der Waals surface area (Å²) in [5.41, 5.74) is 9.16. The van der Waals surface area contributed by atoms with Crippen LogP contribution in [0.15, 0.2) is 287 Å². The molecule has 0 radical (unpaired) electrons. The summed E-state index contributed by atoms with van der Waals surface area (Å²) in [5, 5.41) is 33.3. The summed E-state index contributed by atoms with van der Waals surface area (Å²) in [6.45, 7) is 8.38. The van der Waals surface area contributed by atoms with E-state index in [1.807, 2.05) is 48.5 Å². The number of unbranched alkanes of at least 4 members (excludes halogenated alkanes) is 16. The van der Waals surface area contributed by atoms with E-state index < -0.39 is 0 Å². The van der Waals surface area contributed by atoms with Gasteiger partial charge in [0.05, 0.1) is 62.4 Å². The number of rotatable bonds is 41. The molecule has 0 saturated carbocycles. The smallest absolute Gasteiger partial charge is 0.127 e. The second-order valence-corrected chi connectivity index (χ2v) is 28.8. The molecule has 0 heterocycles. The largest absolute Gasteiger partial charge is 0.494 e. The van der Waals surface area contributed by atoms with Crippen LogP contribution >= 0.6 is 0 Å². The molecular formula is C100H102N4O6. The second-order valence-electron chi connectivity index (χ2n) is 28.8. The van der Waals surface area contributed by atoms with E-state index in [0.29, 0.717) is 39.6 Å². The Balaban J connectivity index is 0.568. The van der Waals surface area contributed by atoms with Crippen LogP contribution < -0.4 is 28.4 Å². The van der Waals surface area contributed by atoms with E-state index in [9.17, 15) is 0 Å². The molecule has 14 rings (SSSR count). The van der Waals surface area contributed by atoms with E-state index in [4.69, 9.17) is 48.9 Å². The summed E-state index contributed by atoms with van der Waals surface area (Å²) >= 11 is 0. The average molecular weight is 1460 g/mol. The average Bonchev–Trinajstić information content (AvgIpc) is 0.765. The van der Waals surface area contributed by atoms with Crippen molar-refractivity contribution in [3.05, 3.63) is 267 Å². The molecule has 558 valence electrons. The maximum absolute atomic E-state index is 6.75. The molecule has 10 heteroatoms. The molecule has 0 aromatic heterocycles. The molecule has 0 saturated heterocycles. The fourth-order valence-electron chi connectivity index (χ4n) is 15.2. The van der Waals surface area contributed by atoms with Crippen LogP contribution in [-0.4, -0.2) is 39.6 Å². The van der Waals surface area contributed by atoms with Crippen molar-refractivity contribution in [3.63, 3.8) is 0 Å². The molecule has 0 aliphatic carbocycles. The Hall–Kier alpha value is -11.4. The van der Waals surface area contributed by atoms with Crippen LogP contribution in [0.3, 0.4) is 0 Å². The van der Waals surface area contributed by atoms with Crippen LogP contribution in [0.2, 0.25) is 0 Å². The van der Waals surface area contributed by atoms with Gasteiger partial charge in [0.25, 0.3) is 0 Å². The molecule has 0 amide bonds. The van der Waals surface area contributed by atoms with Crippen molar-refractivity contribution in [2.75, 3.05) is 39.6 Å². The van der Waals surface area contributed by atoms with Crippen LogP contribution in [0, 0.1) is 0 Å². The van der Waals surface area contributed by atoms with Crippen molar-refractivity contribution in [1.29, 1.82) is 0 Å². The highest BCUT2D eigenvalue weighted by Crippen LogP contribution is 2.50. The molecule has 10 nitrogen and oxygen atoms in total. The van der Waals surface area contributed by atoms with Gasteiger partial charge in [0, 0.05) is 33.4 Å². The van der Waals surface area contributed by atoms with Gasteiger partial charge in [-0.25, -0.2) is 0 Å². The topological polar surface area (TPSA) is 105 Å². The van der Waals surface area contributed by atoms with Crippen LogP contribution in [0.1, 0.15) is 142 Å². The maximum atomic E-state index is 6.75. The van der Waals surface area contributed by atoms with Gasteiger partial charge in [-0.2, -0.15) is 10.2 Å². The van der Waals surface area contributed by atoms with E-state index in [0.717, 1.165) is 187 Å². The number of azo groups is 2. The molecule has 14 aromatic carbocycles. The number of benzene rings is 14. The molecular weight excluding hydrogens is 1350 g/mol. The summed E-state index contributed by atoms with van der Waals surface area (Å²) in [6, 6.07) is 92.7. The Morgan fingerprint density at radius 3 is 0.691 bits per heavy atom. The molecule has 0 atom stereocenters. The first-order valence-electron chi connectivity index (χ1n) is 40.5. The lowest BCUT2D eigenvalue weighted by Gasteiger charge is -2.20. The summed E-state index contributed by atoms with van der Waals surface area (Å²) in [5.74, 6) is 5.19. The zero-order valence-corrected chi connectivity index (χ0v) is 64.0. The van der Waals surface area contributed by atoms with E-state index in [1.54, 1.807) is 0 Å². The first kappa shape index (κ1) is 75.5. The highest BCUT2D eigenvalue weighted by molar-refractivity contribution is 6.14. The van der Waals surface area contributed by atoms with Gasteiger partial charge < -0.3 is 28.4 Å². The fourth-order valence-corrected chi connectivity index (χ4v) is 15.2. The Kier molecular flexibility index (Phi) is 26.8. The Bertz CT molecular complexity index is 5070. The van der Waals surface area contributed by atoms with Crippen molar-refractivity contribution >= 4 is 87.4 Å². The maximum Gasteiger partial charge on any atom is 0.127 e. The zero-order chi connectivity index (χ0) is 74.7. The normalized spacial score (nSPS) is 11.7. The highest BCUT2D eigenvalue weighted by Gasteiger charge is 2.23.